The van der Waals surface area contributed by atoms with Crippen molar-refractivity contribution in [2.24, 2.45) is 0 Å². The molecule has 0 amide bonds. The van der Waals surface area contributed by atoms with E-state index in [9.17, 15) is 0 Å². The molecule has 0 aliphatic carbocycles. The van der Waals surface area contributed by atoms with E-state index in [1.807, 2.05) is 12.1 Å². The molecule has 0 fully saturated rings. The lowest BCUT2D eigenvalue weighted by Crippen LogP contribution is -1.92. The average molecular weight is 245 g/mol. The number of pyridine rings is 1. The Labute approximate surface area is 102 Å². The molecule has 5 nitrogen and oxygen atoms in total. The first-order valence-electron chi connectivity index (χ1n) is 5.50. The zero-order chi connectivity index (χ0) is 11.7. The topological polar surface area (TPSA) is 56.0 Å². The number of fused-ring (bicyclic) bond motifs is 1. The van der Waals surface area contributed by atoms with Gasteiger partial charge in [-0.3, -0.25) is 4.98 Å². The molecule has 0 saturated heterocycles. The number of hydrogen-bond donors (Lipinski definition) is 0. The molecule has 6 heteroatoms. The minimum absolute atomic E-state index is 0.756. The molecule has 0 aliphatic heterocycles. The first-order chi connectivity index (χ1) is 8.38. The van der Waals surface area contributed by atoms with Gasteiger partial charge in [-0.05, 0) is 18.6 Å². The Morgan fingerprint density at radius 1 is 1.35 bits per heavy atom. The molecule has 0 unspecified atom stereocenters. The predicted octanol–water partition coefficient (Wildman–Crippen LogP) is 2.20. The predicted molar refractivity (Wildman–Crippen MR) is 65.9 cm³/mol. The molecule has 86 valence electrons. The van der Waals surface area contributed by atoms with Crippen molar-refractivity contribution in [2.45, 2.75) is 19.8 Å². The summed E-state index contributed by atoms with van der Waals surface area (Å²) >= 11 is 1.60. The Balaban J connectivity index is 2.11. The maximum atomic E-state index is 4.52. The van der Waals surface area contributed by atoms with Crippen LogP contribution in [0.3, 0.4) is 0 Å². The Kier molecular flexibility index (Phi) is 2.56. The van der Waals surface area contributed by atoms with Gasteiger partial charge in [0.1, 0.15) is 5.01 Å². The molecule has 3 rings (SSSR count). The van der Waals surface area contributed by atoms with Crippen molar-refractivity contribution in [1.82, 2.24) is 24.8 Å². The van der Waals surface area contributed by atoms with Crippen LogP contribution in [0.1, 0.15) is 18.4 Å². The molecule has 3 aromatic rings. The molecule has 0 bridgehead atoms. The van der Waals surface area contributed by atoms with Gasteiger partial charge in [0, 0.05) is 24.4 Å². The maximum Gasteiger partial charge on any atom is 0.234 e. The Hall–Kier alpha value is -1.82. The Morgan fingerprint density at radius 2 is 2.29 bits per heavy atom. The van der Waals surface area contributed by atoms with Crippen molar-refractivity contribution < 1.29 is 0 Å². The second kappa shape index (κ2) is 4.21. The van der Waals surface area contributed by atoms with E-state index in [0.29, 0.717) is 0 Å². The van der Waals surface area contributed by atoms with Crippen LogP contribution >= 0.6 is 11.3 Å². The van der Waals surface area contributed by atoms with Crippen molar-refractivity contribution in [3.63, 3.8) is 0 Å². The van der Waals surface area contributed by atoms with E-state index in [4.69, 9.17) is 0 Å². The monoisotopic (exact) mass is 245 g/mol. The molecular formula is C11H11N5S. The SMILES string of the molecule is CCCc1nn2c(-c3cccnc3)nnc2s1. The van der Waals surface area contributed by atoms with Crippen LogP contribution in [0, 0.1) is 0 Å². The molecule has 3 heterocycles. The lowest BCUT2D eigenvalue weighted by Gasteiger charge is -1.94. The third-order valence-corrected chi connectivity index (χ3v) is 3.37. The fraction of sp³-hybridized carbons (Fsp3) is 0.273. The van der Waals surface area contributed by atoms with E-state index in [0.717, 1.165) is 34.2 Å². The summed E-state index contributed by atoms with van der Waals surface area (Å²) in [6, 6.07) is 3.85. The summed E-state index contributed by atoms with van der Waals surface area (Å²) in [6.07, 6.45) is 5.59. The Bertz CT molecular complexity index is 628. The molecule has 0 aliphatic rings. The minimum atomic E-state index is 0.756. The van der Waals surface area contributed by atoms with Gasteiger partial charge in [-0.2, -0.15) is 9.61 Å². The van der Waals surface area contributed by atoms with Crippen molar-refractivity contribution in [3.05, 3.63) is 29.5 Å². The number of rotatable bonds is 3. The van der Waals surface area contributed by atoms with Gasteiger partial charge in [0.25, 0.3) is 0 Å². The molecular weight excluding hydrogens is 234 g/mol. The van der Waals surface area contributed by atoms with Crippen LogP contribution in [0.25, 0.3) is 16.3 Å². The minimum Gasteiger partial charge on any atom is -0.264 e. The lowest BCUT2D eigenvalue weighted by atomic mass is 10.3. The summed E-state index contributed by atoms with van der Waals surface area (Å²) in [7, 11) is 0. The van der Waals surface area contributed by atoms with Crippen molar-refractivity contribution in [3.8, 4) is 11.4 Å². The summed E-state index contributed by atoms with van der Waals surface area (Å²) in [6.45, 7) is 2.14. The highest BCUT2D eigenvalue weighted by Gasteiger charge is 2.12. The van der Waals surface area contributed by atoms with Crippen molar-refractivity contribution in [1.29, 1.82) is 0 Å². The average Bonchev–Trinajstić information content (AvgIpc) is 2.90. The van der Waals surface area contributed by atoms with Crippen LogP contribution in [-0.4, -0.2) is 24.8 Å². The van der Waals surface area contributed by atoms with Crippen LogP contribution < -0.4 is 0 Å². The van der Waals surface area contributed by atoms with Crippen molar-refractivity contribution >= 4 is 16.3 Å². The summed E-state index contributed by atoms with van der Waals surface area (Å²) in [5.41, 5.74) is 0.938. The van der Waals surface area contributed by atoms with Gasteiger partial charge in [-0.15, -0.1) is 10.2 Å². The zero-order valence-electron chi connectivity index (χ0n) is 9.37. The maximum absolute atomic E-state index is 4.52. The smallest absolute Gasteiger partial charge is 0.234 e. The molecule has 17 heavy (non-hydrogen) atoms. The van der Waals surface area contributed by atoms with E-state index in [1.54, 1.807) is 28.2 Å². The van der Waals surface area contributed by atoms with Gasteiger partial charge in [0.05, 0.1) is 0 Å². The van der Waals surface area contributed by atoms with Crippen LogP contribution in [0.5, 0.6) is 0 Å². The van der Waals surface area contributed by atoms with E-state index < -0.39 is 0 Å². The summed E-state index contributed by atoms with van der Waals surface area (Å²) in [5.74, 6) is 0.756. The highest BCUT2D eigenvalue weighted by molar-refractivity contribution is 7.16. The van der Waals surface area contributed by atoms with E-state index in [1.165, 1.54) is 0 Å². The van der Waals surface area contributed by atoms with E-state index in [2.05, 4.69) is 27.2 Å². The van der Waals surface area contributed by atoms with Gasteiger partial charge in [0.15, 0.2) is 5.82 Å². The third kappa shape index (κ3) is 1.80. The molecule has 0 saturated carbocycles. The van der Waals surface area contributed by atoms with Crippen LogP contribution in [0.2, 0.25) is 0 Å². The zero-order valence-corrected chi connectivity index (χ0v) is 10.2. The summed E-state index contributed by atoms with van der Waals surface area (Å²) in [5, 5.41) is 13.9. The lowest BCUT2D eigenvalue weighted by molar-refractivity contribution is 0.847. The number of aromatic nitrogens is 5. The van der Waals surface area contributed by atoms with Crippen LogP contribution in [-0.2, 0) is 6.42 Å². The van der Waals surface area contributed by atoms with Crippen LogP contribution in [0.4, 0.5) is 0 Å². The second-order valence-electron chi connectivity index (χ2n) is 3.71. The normalized spacial score (nSPS) is 11.1. The molecule has 0 N–H and O–H groups in total. The molecule has 0 spiro atoms. The van der Waals surface area contributed by atoms with E-state index >= 15 is 0 Å². The van der Waals surface area contributed by atoms with Crippen LogP contribution in [0.15, 0.2) is 24.5 Å². The number of hydrogen-bond acceptors (Lipinski definition) is 5. The quantitative estimate of drug-likeness (QED) is 0.710. The first kappa shape index (κ1) is 10.3. The summed E-state index contributed by atoms with van der Waals surface area (Å²) < 4.78 is 1.80. The second-order valence-corrected chi connectivity index (χ2v) is 4.75. The van der Waals surface area contributed by atoms with Gasteiger partial charge in [0.2, 0.25) is 4.96 Å². The van der Waals surface area contributed by atoms with Gasteiger partial charge in [-0.25, -0.2) is 0 Å². The van der Waals surface area contributed by atoms with E-state index in [-0.39, 0.29) is 0 Å². The molecule has 0 radical (unpaired) electrons. The summed E-state index contributed by atoms with van der Waals surface area (Å²) in [4.78, 5) is 4.93. The Morgan fingerprint density at radius 3 is 3.06 bits per heavy atom. The molecule has 0 atom stereocenters. The van der Waals surface area contributed by atoms with Gasteiger partial charge in [-0.1, -0.05) is 18.3 Å². The van der Waals surface area contributed by atoms with Gasteiger partial charge >= 0.3 is 0 Å². The van der Waals surface area contributed by atoms with Gasteiger partial charge < -0.3 is 0 Å². The molecule has 3 aromatic heterocycles. The fourth-order valence-corrected chi connectivity index (χ4v) is 2.58. The van der Waals surface area contributed by atoms with Crippen molar-refractivity contribution in [2.75, 3.05) is 0 Å². The standard InChI is InChI=1S/C11H11N5S/c1-2-4-9-15-16-10(13-14-11(16)17-9)8-5-3-6-12-7-8/h3,5-7H,2,4H2,1H3. The highest BCUT2D eigenvalue weighted by Crippen LogP contribution is 2.21. The molecule has 0 aromatic carbocycles. The number of nitrogens with zero attached hydrogens (tertiary/aromatic N) is 5. The first-order valence-corrected chi connectivity index (χ1v) is 6.31. The number of aryl methyl sites for hydroxylation is 1. The fourth-order valence-electron chi connectivity index (χ4n) is 1.65. The third-order valence-electron chi connectivity index (χ3n) is 2.42. The largest absolute Gasteiger partial charge is 0.264 e. The highest BCUT2D eigenvalue weighted by atomic mass is 32.1.